The molecule has 1 heterocycles. The zero-order valence-corrected chi connectivity index (χ0v) is 11.8. The van der Waals surface area contributed by atoms with Crippen molar-refractivity contribution in [1.82, 2.24) is 4.90 Å². The highest BCUT2D eigenvalue weighted by Crippen LogP contribution is 2.28. The Kier molecular flexibility index (Phi) is 4.08. The number of benzene rings is 1. The van der Waals surface area contributed by atoms with Crippen molar-refractivity contribution in [3.05, 3.63) is 34.9 Å². The Labute approximate surface area is 114 Å². The predicted octanol–water partition coefficient (Wildman–Crippen LogP) is 3.79. The molecule has 0 spiro atoms. The Bertz CT molecular complexity index is 423. The van der Waals surface area contributed by atoms with Crippen molar-refractivity contribution in [3.63, 3.8) is 0 Å². The van der Waals surface area contributed by atoms with Crippen LogP contribution >= 0.6 is 11.6 Å². The average Bonchev–Trinajstić information content (AvgIpc) is 2.92. The lowest BCUT2D eigenvalue weighted by molar-refractivity contribution is 0.0647. The van der Waals surface area contributed by atoms with Gasteiger partial charge in [0.05, 0.1) is 5.54 Å². The molecule has 0 aromatic heterocycles. The normalized spacial score (nSPS) is 19.7. The molecule has 1 unspecified atom stereocenters. The van der Waals surface area contributed by atoms with Gasteiger partial charge >= 0.3 is 0 Å². The fourth-order valence-electron chi connectivity index (χ4n) is 2.65. The summed E-state index contributed by atoms with van der Waals surface area (Å²) in [5, 5.41) is 0.672. The van der Waals surface area contributed by atoms with E-state index in [1.807, 2.05) is 12.1 Å². The summed E-state index contributed by atoms with van der Waals surface area (Å²) in [6.45, 7) is 6.22. The third kappa shape index (κ3) is 2.45. The van der Waals surface area contributed by atoms with E-state index in [1.54, 1.807) is 12.1 Å². The second-order valence-corrected chi connectivity index (χ2v) is 5.59. The minimum absolute atomic E-state index is 0.212. The maximum absolute atomic E-state index is 12.7. The van der Waals surface area contributed by atoms with Crippen molar-refractivity contribution >= 4 is 17.4 Å². The number of nitrogens with zero attached hydrogens (tertiary/aromatic N) is 1. The number of hydrogen-bond acceptors (Lipinski definition) is 2. The van der Waals surface area contributed by atoms with Crippen LogP contribution in [0.3, 0.4) is 0 Å². The first kappa shape index (κ1) is 13.6. The first-order valence-corrected chi connectivity index (χ1v) is 7.01. The number of Topliss-reactive ketones (excluding diaryl/α,β-unsaturated/α-hetero) is 1. The van der Waals surface area contributed by atoms with Gasteiger partial charge in [-0.05, 0) is 63.5 Å². The monoisotopic (exact) mass is 265 g/mol. The Morgan fingerprint density at radius 1 is 1.28 bits per heavy atom. The Hall–Kier alpha value is -0.860. The molecule has 1 saturated heterocycles. The highest BCUT2D eigenvalue weighted by molar-refractivity contribution is 6.30. The van der Waals surface area contributed by atoms with Gasteiger partial charge in [0.25, 0.3) is 0 Å². The van der Waals surface area contributed by atoms with Gasteiger partial charge in [-0.1, -0.05) is 18.5 Å². The van der Waals surface area contributed by atoms with E-state index in [4.69, 9.17) is 11.6 Å². The maximum Gasteiger partial charge on any atom is 0.182 e. The van der Waals surface area contributed by atoms with Crippen LogP contribution in [0.25, 0.3) is 0 Å². The number of likely N-dealkylation sites (tertiary alicyclic amines) is 1. The van der Waals surface area contributed by atoms with Gasteiger partial charge in [0.2, 0.25) is 0 Å². The van der Waals surface area contributed by atoms with E-state index in [-0.39, 0.29) is 11.3 Å². The van der Waals surface area contributed by atoms with Crippen LogP contribution in [0.4, 0.5) is 0 Å². The molecule has 1 aliphatic heterocycles. The van der Waals surface area contributed by atoms with Gasteiger partial charge in [0, 0.05) is 10.6 Å². The van der Waals surface area contributed by atoms with Crippen LogP contribution in [0.2, 0.25) is 5.02 Å². The van der Waals surface area contributed by atoms with E-state index in [9.17, 15) is 4.79 Å². The van der Waals surface area contributed by atoms with Crippen LogP contribution in [-0.2, 0) is 0 Å². The van der Waals surface area contributed by atoms with Crippen molar-refractivity contribution in [3.8, 4) is 0 Å². The third-order valence-corrected chi connectivity index (χ3v) is 4.34. The summed E-state index contributed by atoms with van der Waals surface area (Å²) in [6.07, 6.45) is 3.24. The van der Waals surface area contributed by atoms with Crippen LogP contribution in [0, 0.1) is 0 Å². The molecule has 0 aliphatic carbocycles. The number of carbonyl (C=O) groups excluding carboxylic acids is 1. The SMILES string of the molecule is CCC(C)(C(=O)c1ccc(Cl)cc1)N1CCCC1. The van der Waals surface area contributed by atoms with E-state index in [2.05, 4.69) is 18.7 Å². The summed E-state index contributed by atoms with van der Waals surface area (Å²) in [6, 6.07) is 7.23. The highest BCUT2D eigenvalue weighted by atomic mass is 35.5. The lowest BCUT2D eigenvalue weighted by atomic mass is 9.87. The lowest BCUT2D eigenvalue weighted by Crippen LogP contribution is -2.50. The molecule has 0 bridgehead atoms. The summed E-state index contributed by atoms with van der Waals surface area (Å²) in [7, 11) is 0. The van der Waals surface area contributed by atoms with Gasteiger partial charge in [-0.3, -0.25) is 9.69 Å². The molecule has 2 nitrogen and oxygen atoms in total. The molecule has 98 valence electrons. The van der Waals surface area contributed by atoms with Gasteiger partial charge in [0.1, 0.15) is 0 Å². The minimum Gasteiger partial charge on any atom is -0.292 e. The Morgan fingerprint density at radius 3 is 2.33 bits per heavy atom. The second kappa shape index (κ2) is 5.41. The summed E-state index contributed by atoms with van der Waals surface area (Å²) < 4.78 is 0. The summed E-state index contributed by atoms with van der Waals surface area (Å²) in [4.78, 5) is 15.0. The predicted molar refractivity (Wildman–Crippen MR) is 75.3 cm³/mol. The fourth-order valence-corrected chi connectivity index (χ4v) is 2.78. The van der Waals surface area contributed by atoms with E-state index < -0.39 is 0 Å². The molecular weight excluding hydrogens is 246 g/mol. The van der Waals surface area contributed by atoms with Crippen LogP contribution < -0.4 is 0 Å². The van der Waals surface area contributed by atoms with E-state index in [1.165, 1.54) is 12.8 Å². The Morgan fingerprint density at radius 2 is 1.83 bits per heavy atom. The number of ketones is 1. The number of rotatable bonds is 4. The van der Waals surface area contributed by atoms with Gasteiger partial charge < -0.3 is 0 Å². The van der Waals surface area contributed by atoms with Crippen LogP contribution in [0.5, 0.6) is 0 Å². The Balaban J connectivity index is 2.26. The molecule has 0 radical (unpaired) electrons. The molecule has 0 amide bonds. The van der Waals surface area contributed by atoms with Crippen LogP contribution in [-0.4, -0.2) is 29.3 Å². The van der Waals surface area contributed by atoms with Crippen molar-refractivity contribution in [2.24, 2.45) is 0 Å². The molecular formula is C15H20ClNO. The number of hydrogen-bond donors (Lipinski definition) is 0. The van der Waals surface area contributed by atoms with E-state index in [0.29, 0.717) is 5.02 Å². The highest BCUT2D eigenvalue weighted by Gasteiger charge is 2.39. The molecule has 0 saturated carbocycles. The molecule has 1 atom stereocenters. The topological polar surface area (TPSA) is 20.3 Å². The molecule has 3 heteroatoms. The molecule has 1 aliphatic rings. The minimum atomic E-state index is -0.371. The van der Waals surface area contributed by atoms with E-state index in [0.717, 1.165) is 25.1 Å². The first-order chi connectivity index (χ1) is 8.58. The summed E-state index contributed by atoms with van der Waals surface area (Å²) in [5.41, 5.74) is 0.389. The lowest BCUT2D eigenvalue weighted by Gasteiger charge is -2.36. The fraction of sp³-hybridized carbons (Fsp3) is 0.533. The zero-order chi connectivity index (χ0) is 13.2. The number of halogens is 1. The molecule has 1 aromatic carbocycles. The molecule has 0 N–H and O–H groups in total. The van der Waals surface area contributed by atoms with Crippen LogP contribution in [0.1, 0.15) is 43.5 Å². The van der Waals surface area contributed by atoms with Crippen LogP contribution in [0.15, 0.2) is 24.3 Å². The summed E-state index contributed by atoms with van der Waals surface area (Å²) >= 11 is 5.87. The zero-order valence-electron chi connectivity index (χ0n) is 11.1. The largest absolute Gasteiger partial charge is 0.292 e. The quantitative estimate of drug-likeness (QED) is 0.772. The molecule has 2 rings (SSSR count). The second-order valence-electron chi connectivity index (χ2n) is 5.16. The van der Waals surface area contributed by atoms with Gasteiger partial charge in [-0.2, -0.15) is 0 Å². The van der Waals surface area contributed by atoms with Crippen molar-refractivity contribution in [1.29, 1.82) is 0 Å². The van der Waals surface area contributed by atoms with Gasteiger partial charge in [-0.15, -0.1) is 0 Å². The maximum atomic E-state index is 12.7. The van der Waals surface area contributed by atoms with Crippen molar-refractivity contribution < 1.29 is 4.79 Å². The van der Waals surface area contributed by atoms with Gasteiger partial charge in [0.15, 0.2) is 5.78 Å². The van der Waals surface area contributed by atoms with Crippen molar-refractivity contribution in [2.75, 3.05) is 13.1 Å². The summed E-state index contributed by atoms with van der Waals surface area (Å²) in [5.74, 6) is 0.212. The van der Waals surface area contributed by atoms with E-state index >= 15 is 0 Å². The smallest absolute Gasteiger partial charge is 0.182 e. The first-order valence-electron chi connectivity index (χ1n) is 6.63. The third-order valence-electron chi connectivity index (χ3n) is 4.09. The van der Waals surface area contributed by atoms with Crippen molar-refractivity contribution in [2.45, 2.75) is 38.6 Å². The molecule has 18 heavy (non-hydrogen) atoms. The molecule has 1 aromatic rings. The molecule has 1 fully saturated rings. The average molecular weight is 266 g/mol. The standard InChI is InChI=1S/C15H20ClNO/c1-3-15(2,17-10-4-5-11-17)14(18)12-6-8-13(16)9-7-12/h6-9H,3-5,10-11H2,1-2H3. The van der Waals surface area contributed by atoms with Gasteiger partial charge in [-0.25, -0.2) is 0 Å². The number of carbonyl (C=O) groups is 1.